The fourth-order valence-corrected chi connectivity index (χ4v) is 3.05. The van der Waals surface area contributed by atoms with E-state index in [1.807, 2.05) is 24.3 Å². The SMILES string of the molecule is C=CCC(O)/C=C(\Cl)c1ccc(Oc2ccc(/C(Cl)=C/C(O)CC=C)cc2)cc1. The molecule has 0 saturated heterocycles. The summed E-state index contributed by atoms with van der Waals surface area (Å²) in [7, 11) is 0. The van der Waals surface area contributed by atoms with Crippen molar-refractivity contribution in [3.05, 3.63) is 97.1 Å². The zero-order chi connectivity index (χ0) is 21.2. The molecule has 0 aliphatic carbocycles. The maximum Gasteiger partial charge on any atom is 0.127 e. The summed E-state index contributed by atoms with van der Waals surface area (Å²) in [6.45, 7) is 7.19. The van der Waals surface area contributed by atoms with Gasteiger partial charge in [0.1, 0.15) is 11.5 Å². The van der Waals surface area contributed by atoms with Gasteiger partial charge in [-0.1, -0.05) is 35.4 Å². The lowest BCUT2D eigenvalue weighted by atomic mass is 10.1. The highest BCUT2D eigenvalue weighted by molar-refractivity contribution is 6.49. The standard InChI is InChI=1S/C24H24Cl2O3/c1-3-5-19(27)15-23(25)17-7-11-21(12-8-17)29-22-13-9-18(10-14-22)24(26)16-20(28)6-4-2/h3-4,7-16,19-20,27-28H,1-2,5-6H2/b23-15-,24-16-. The summed E-state index contributed by atoms with van der Waals surface area (Å²) < 4.78 is 5.84. The third-order valence-corrected chi connectivity index (χ3v) is 4.68. The van der Waals surface area contributed by atoms with Crippen LogP contribution in [0.4, 0.5) is 0 Å². The Hall–Kier alpha value is -2.30. The Balaban J connectivity index is 2.03. The molecule has 2 aromatic carbocycles. The van der Waals surface area contributed by atoms with Gasteiger partial charge in [-0.3, -0.25) is 0 Å². The van der Waals surface area contributed by atoms with E-state index in [0.29, 0.717) is 34.4 Å². The van der Waals surface area contributed by atoms with Crippen LogP contribution < -0.4 is 4.74 Å². The van der Waals surface area contributed by atoms with Gasteiger partial charge in [-0.15, -0.1) is 13.2 Å². The van der Waals surface area contributed by atoms with Gasteiger partial charge in [0.25, 0.3) is 0 Å². The summed E-state index contributed by atoms with van der Waals surface area (Å²) >= 11 is 12.5. The number of aliphatic hydroxyl groups excluding tert-OH is 2. The van der Waals surface area contributed by atoms with E-state index >= 15 is 0 Å². The molecular formula is C24H24Cl2O3. The van der Waals surface area contributed by atoms with Crippen molar-refractivity contribution in [2.24, 2.45) is 0 Å². The average molecular weight is 431 g/mol. The first-order chi connectivity index (χ1) is 13.9. The third kappa shape index (κ3) is 7.56. The van der Waals surface area contributed by atoms with Crippen LogP contribution in [0.25, 0.3) is 10.1 Å². The second-order valence-corrected chi connectivity index (χ2v) is 7.18. The molecular weight excluding hydrogens is 407 g/mol. The molecule has 5 heteroatoms. The molecule has 2 rings (SSSR count). The average Bonchev–Trinajstić information content (AvgIpc) is 2.69. The summed E-state index contributed by atoms with van der Waals surface area (Å²) in [6, 6.07) is 14.5. The predicted octanol–water partition coefficient (Wildman–Crippen LogP) is 6.51. The van der Waals surface area contributed by atoms with E-state index < -0.39 is 12.2 Å². The molecule has 0 heterocycles. The molecule has 2 aromatic rings. The van der Waals surface area contributed by atoms with Crippen molar-refractivity contribution in [1.82, 2.24) is 0 Å². The van der Waals surface area contributed by atoms with Gasteiger partial charge in [0.05, 0.1) is 12.2 Å². The summed E-state index contributed by atoms with van der Waals surface area (Å²) in [5, 5.41) is 20.5. The molecule has 0 aliphatic heterocycles. The Morgan fingerprint density at radius 1 is 0.759 bits per heavy atom. The summed E-state index contributed by atoms with van der Waals surface area (Å²) in [5.41, 5.74) is 1.57. The molecule has 0 spiro atoms. The van der Waals surface area contributed by atoms with Crippen LogP contribution in [0.5, 0.6) is 11.5 Å². The van der Waals surface area contributed by atoms with Gasteiger partial charge in [0.2, 0.25) is 0 Å². The van der Waals surface area contributed by atoms with Crippen molar-refractivity contribution in [2.75, 3.05) is 0 Å². The van der Waals surface area contributed by atoms with E-state index in [2.05, 4.69) is 13.2 Å². The largest absolute Gasteiger partial charge is 0.457 e. The number of aliphatic hydroxyl groups is 2. The van der Waals surface area contributed by atoms with Crippen LogP contribution in [0.3, 0.4) is 0 Å². The van der Waals surface area contributed by atoms with E-state index in [4.69, 9.17) is 27.9 Å². The topological polar surface area (TPSA) is 49.7 Å². The van der Waals surface area contributed by atoms with Gasteiger partial charge in [-0.25, -0.2) is 0 Å². The number of ether oxygens (including phenoxy) is 1. The third-order valence-electron chi connectivity index (χ3n) is 3.99. The molecule has 0 aromatic heterocycles. The predicted molar refractivity (Wildman–Crippen MR) is 122 cm³/mol. The quantitative estimate of drug-likeness (QED) is 0.422. The van der Waals surface area contributed by atoms with Crippen LogP contribution in [0.15, 0.2) is 86.0 Å². The normalized spacial score (nSPS) is 14.2. The zero-order valence-electron chi connectivity index (χ0n) is 16.0. The molecule has 2 N–H and O–H groups in total. The molecule has 0 radical (unpaired) electrons. The molecule has 0 aliphatic rings. The Morgan fingerprint density at radius 2 is 1.10 bits per heavy atom. The minimum absolute atomic E-state index is 0.444. The number of hydrogen-bond acceptors (Lipinski definition) is 3. The number of benzene rings is 2. The fraction of sp³-hybridized carbons (Fsp3) is 0.167. The monoisotopic (exact) mass is 430 g/mol. The first-order valence-electron chi connectivity index (χ1n) is 9.14. The van der Waals surface area contributed by atoms with Crippen LogP contribution in [0, 0.1) is 0 Å². The van der Waals surface area contributed by atoms with Crippen molar-refractivity contribution in [3.63, 3.8) is 0 Å². The van der Waals surface area contributed by atoms with Gasteiger partial charge in [0.15, 0.2) is 0 Å². The first-order valence-corrected chi connectivity index (χ1v) is 9.89. The second kappa shape index (κ2) is 11.6. The number of rotatable bonds is 10. The Kier molecular flexibility index (Phi) is 9.23. The molecule has 2 unspecified atom stereocenters. The van der Waals surface area contributed by atoms with Crippen molar-refractivity contribution in [2.45, 2.75) is 25.0 Å². The number of halogens is 2. The Bertz CT molecular complexity index is 795. The van der Waals surface area contributed by atoms with Crippen LogP contribution in [-0.2, 0) is 0 Å². The molecule has 2 atom stereocenters. The van der Waals surface area contributed by atoms with E-state index in [1.165, 1.54) is 0 Å². The van der Waals surface area contributed by atoms with E-state index in [1.54, 1.807) is 48.6 Å². The highest BCUT2D eigenvalue weighted by Crippen LogP contribution is 2.28. The highest BCUT2D eigenvalue weighted by Gasteiger charge is 2.06. The van der Waals surface area contributed by atoms with E-state index in [0.717, 1.165) is 11.1 Å². The minimum atomic E-state index is -0.659. The van der Waals surface area contributed by atoms with Crippen molar-refractivity contribution >= 4 is 33.3 Å². The van der Waals surface area contributed by atoms with Crippen molar-refractivity contribution in [3.8, 4) is 11.5 Å². The van der Waals surface area contributed by atoms with Crippen LogP contribution in [0.1, 0.15) is 24.0 Å². The Labute approximate surface area is 181 Å². The van der Waals surface area contributed by atoms with E-state index in [9.17, 15) is 10.2 Å². The van der Waals surface area contributed by atoms with Crippen LogP contribution in [-0.4, -0.2) is 22.4 Å². The molecule has 29 heavy (non-hydrogen) atoms. The summed E-state index contributed by atoms with van der Waals surface area (Å²) in [4.78, 5) is 0. The van der Waals surface area contributed by atoms with Gasteiger partial charge >= 0.3 is 0 Å². The molecule has 0 saturated carbocycles. The Morgan fingerprint density at radius 3 is 1.41 bits per heavy atom. The molecule has 0 amide bonds. The lowest BCUT2D eigenvalue weighted by Crippen LogP contribution is -2.00. The fourth-order valence-electron chi connectivity index (χ4n) is 2.51. The number of hydrogen-bond donors (Lipinski definition) is 2. The molecule has 0 bridgehead atoms. The molecule has 152 valence electrons. The van der Waals surface area contributed by atoms with Crippen LogP contribution >= 0.6 is 23.2 Å². The van der Waals surface area contributed by atoms with Crippen molar-refractivity contribution in [1.29, 1.82) is 0 Å². The molecule has 3 nitrogen and oxygen atoms in total. The maximum atomic E-state index is 9.78. The van der Waals surface area contributed by atoms with E-state index in [-0.39, 0.29) is 0 Å². The second-order valence-electron chi connectivity index (χ2n) is 6.36. The lowest BCUT2D eigenvalue weighted by Gasteiger charge is -2.09. The van der Waals surface area contributed by atoms with Gasteiger partial charge in [-0.05, 0) is 84.7 Å². The smallest absolute Gasteiger partial charge is 0.127 e. The highest BCUT2D eigenvalue weighted by atomic mass is 35.5. The van der Waals surface area contributed by atoms with Crippen molar-refractivity contribution < 1.29 is 14.9 Å². The minimum Gasteiger partial charge on any atom is -0.457 e. The van der Waals surface area contributed by atoms with Gasteiger partial charge in [-0.2, -0.15) is 0 Å². The molecule has 0 fully saturated rings. The first kappa shape index (κ1) is 23.0. The van der Waals surface area contributed by atoms with Gasteiger partial charge < -0.3 is 14.9 Å². The summed E-state index contributed by atoms with van der Waals surface area (Å²) in [6.07, 6.45) is 6.02. The lowest BCUT2D eigenvalue weighted by molar-refractivity contribution is 0.227. The van der Waals surface area contributed by atoms with Gasteiger partial charge in [0, 0.05) is 10.1 Å². The van der Waals surface area contributed by atoms with Crippen LogP contribution in [0.2, 0.25) is 0 Å². The summed E-state index contributed by atoms with van der Waals surface area (Å²) in [5.74, 6) is 1.31. The maximum absolute atomic E-state index is 9.78. The zero-order valence-corrected chi connectivity index (χ0v) is 17.5.